The molecule has 98 valence electrons. The monoisotopic (exact) mass is 251 g/mol. The number of carboxylic acids is 1. The minimum absolute atomic E-state index is 0.0223. The first-order valence-corrected chi connectivity index (χ1v) is 6.21. The van der Waals surface area contributed by atoms with E-state index in [9.17, 15) is 4.79 Å². The molecule has 7 nitrogen and oxygen atoms in total. The second-order valence-corrected chi connectivity index (χ2v) is 5.20. The van der Waals surface area contributed by atoms with Crippen molar-refractivity contribution in [3.63, 3.8) is 0 Å². The molecule has 0 saturated carbocycles. The van der Waals surface area contributed by atoms with E-state index in [4.69, 9.17) is 5.11 Å². The van der Waals surface area contributed by atoms with Crippen LogP contribution in [0.15, 0.2) is 6.20 Å². The van der Waals surface area contributed by atoms with Gasteiger partial charge >= 0.3 is 5.97 Å². The third-order valence-electron chi connectivity index (χ3n) is 3.88. The molecule has 2 aliphatic rings. The molecule has 0 radical (unpaired) electrons. The van der Waals surface area contributed by atoms with Crippen molar-refractivity contribution in [2.24, 2.45) is 0 Å². The van der Waals surface area contributed by atoms with Crippen LogP contribution >= 0.6 is 0 Å². The SMILES string of the molecule is CN1CCC(N2CC(n3cc(C(=O)O)nn3)C2)C1. The zero-order valence-corrected chi connectivity index (χ0v) is 10.4. The molecule has 2 saturated heterocycles. The molecule has 0 spiro atoms. The molecule has 3 heterocycles. The van der Waals surface area contributed by atoms with Crippen molar-refractivity contribution in [2.45, 2.75) is 18.5 Å². The fourth-order valence-corrected chi connectivity index (χ4v) is 2.72. The largest absolute Gasteiger partial charge is 0.476 e. The van der Waals surface area contributed by atoms with Gasteiger partial charge in [-0.1, -0.05) is 5.21 Å². The van der Waals surface area contributed by atoms with E-state index in [1.807, 2.05) is 0 Å². The highest BCUT2D eigenvalue weighted by Crippen LogP contribution is 2.26. The Hall–Kier alpha value is -1.47. The Morgan fingerprint density at radius 3 is 2.72 bits per heavy atom. The van der Waals surface area contributed by atoms with E-state index in [2.05, 4.69) is 27.2 Å². The fourth-order valence-electron chi connectivity index (χ4n) is 2.72. The average molecular weight is 251 g/mol. The maximum absolute atomic E-state index is 10.7. The molecular formula is C11H17N5O2. The van der Waals surface area contributed by atoms with Crippen molar-refractivity contribution >= 4 is 5.97 Å². The molecular weight excluding hydrogens is 234 g/mol. The van der Waals surface area contributed by atoms with Crippen LogP contribution in [0.1, 0.15) is 23.0 Å². The normalized spacial score (nSPS) is 26.4. The summed E-state index contributed by atoms with van der Waals surface area (Å²) in [5.41, 5.74) is 0.0223. The molecule has 1 aromatic heterocycles. The summed E-state index contributed by atoms with van der Waals surface area (Å²) in [5, 5.41) is 16.3. The molecule has 3 rings (SSSR count). The van der Waals surface area contributed by atoms with Gasteiger partial charge in [0.1, 0.15) is 0 Å². The van der Waals surface area contributed by atoms with Gasteiger partial charge in [0.2, 0.25) is 0 Å². The predicted molar refractivity (Wildman–Crippen MR) is 63.5 cm³/mol. The first kappa shape index (κ1) is 11.6. The van der Waals surface area contributed by atoms with Crippen LogP contribution in [0.2, 0.25) is 0 Å². The number of carbonyl (C=O) groups is 1. The quantitative estimate of drug-likeness (QED) is 0.783. The van der Waals surface area contributed by atoms with Crippen molar-refractivity contribution in [3.8, 4) is 0 Å². The van der Waals surface area contributed by atoms with Gasteiger partial charge in [-0.05, 0) is 20.0 Å². The summed E-state index contributed by atoms with van der Waals surface area (Å²) < 4.78 is 1.68. The molecule has 0 amide bonds. The van der Waals surface area contributed by atoms with Crippen LogP contribution in [-0.4, -0.2) is 75.1 Å². The Kier molecular flexibility index (Phi) is 2.79. The van der Waals surface area contributed by atoms with E-state index in [0.29, 0.717) is 6.04 Å². The van der Waals surface area contributed by atoms with E-state index < -0.39 is 5.97 Å². The molecule has 1 aromatic rings. The van der Waals surface area contributed by atoms with Crippen molar-refractivity contribution in [3.05, 3.63) is 11.9 Å². The Balaban J connectivity index is 1.56. The number of nitrogens with zero attached hydrogens (tertiary/aromatic N) is 5. The van der Waals surface area contributed by atoms with E-state index in [1.54, 1.807) is 4.68 Å². The summed E-state index contributed by atoms with van der Waals surface area (Å²) in [6, 6.07) is 0.922. The van der Waals surface area contributed by atoms with Crippen LogP contribution in [0.4, 0.5) is 0 Å². The van der Waals surface area contributed by atoms with E-state index in [1.165, 1.54) is 19.2 Å². The lowest BCUT2D eigenvalue weighted by Gasteiger charge is -2.42. The van der Waals surface area contributed by atoms with E-state index in [-0.39, 0.29) is 11.7 Å². The van der Waals surface area contributed by atoms with Gasteiger partial charge in [-0.3, -0.25) is 4.90 Å². The summed E-state index contributed by atoms with van der Waals surface area (Å²) in [6.07, 6.45) is 2.74. The van der Waals surface area contributed by atoms with Crippen molar-refractivity contribution < 1.29 is 9.90 Å². The number of carboxylic acid groups (broad SMARTS) is 1. The van der Waals surface area contributed by atoms with Crippen LogP contribution in [0, 0.1) is 0 Å². The molecule has 0 bridgehead atoms. The number of likely N-dealkylation sites (tertiary alicyclic amines) is 2. The maximum Gasteiger partial charge on any atom is 0.358 e. The molecule has 1 N–H and O–H groups in total. The zero-order chi connectivity index (χ0) is 12.7. The first-order valence-electron chi connectivity index (χ1n) is 6.21. The smallest absolute Gasteiger partial charge is 0.358 e. The predicted octanol–water partition coefficient (Wildman–Crippen LogP) is -0.463. The summed E-state index contributed by atoms with van der Waals surface area (Å²) in [5.74, 6) is -1.02. The highest BCUT2D eigenvalue weighted by Gasteiger charge is 2.36. The van der Waals surface area contributed by atoms with Gasteiger partial charge < -0.3 is 10.0 Å². The Bertz CT molecular complexity index is 454. The number of aromatic nitrogens is 3. The highest BCUT2D eigenvalue weighted by molar-refractivity contribution is 5.84. The number of rotatable bonds is 3. The van der Waals surface area contributed by atoms with Gasteiger partial charge in [0.25, 0.3) is 0 Å². The van der Waals surface area contributed by atoms with Crippen LogP contribution in [0.3, 0.4) is 0 Å². The second kappa shape index (κ2) is 4.33. The summed E-state index contributed by atoms with van der Waals surface area (Å²) in [6.45, 7) is 4.19. The third-order valence-corrected chi connectivity index (χ3v) is 3.88. The molecule has 1 unspecified atom stereocenters. The van der Waals surface area contributed by atoms with Gasteiger partial charge in [0.15, 0.2) is 5.69 Å². The van der Waals surface area contributed by atoms with Gasteiger partial charge in [0, 0.05) is 25.7 Å². The van der Waals surface area contributed by atoms with Gasteiger partial charge in [-0.25, -0.2) is 9.48 Å². The molecule has 18 heavy (non-hydrogen) atoms. The molecule has 0 aliphatic carbocycles. The Labute approximate surface area is 105 Å². The van der Waals surface area contributed by atoms with Crippen molar-refractivity contribution in [2.75, 3.05) is 33.2 Å². The number of aromatic carboxylic acids is 1. The third kappa shape index (κ3) is 1.99. The van der Waals surface area contributed by atoms with Crippen molar-refractivity contribution in [1.29, 1.82) is 0 Å². The number of hydrogen-bond donors (Lipinski definition) is 1. The average Bonchev–Trinajstić information content (AvgIpc) is 2.86. The lowest BCUT2D eigenvalue weighted by atomic mass is 10.0. The van der Waals surface area contributed by atoms with Crippen LogP contribution in [0.5, 0.6) is 0 Å². The van der Waals surface area contributed by atoms with Gasteiger partial charge in [-0.2, -0.15) is 0 Å². The topological polar surface area (TPSA) is 74.5 Å². The molecule has 2 fully saturated rings. The van der Waals surface area contributed by atoms with Crippen LogP contribution < -0.4 is 0 Å². The standard InChI is InChI=1S/C11H17N5O2/c1-14-3-2-8(4-14)15-5-9(6-15)16-7-10(11(17)18)12-13-16/h7-9H,2-6H2,1H3,(H,17,18). The lowest BCUT2D eigenvalue weighted by Crippen LogP contribution is -2.53. The minimum atomic E-state index is -1.02. The Morgan fingerprint density at radius 1 is 1.39 bits per heavy atom. The highest BCUT2D eigenvalue weighted by atomic mass is 16.4. The second-order valence-electron chi connectivity index (χ2n) is 5.20. The maximum atomic E-state index is 10.7. The molecule has 7 heteroatoms. The van der Waals surface area contributed by atoms with E-state index in [0.717, 1.165) is 19.6 Å². The Morgan fingerprint density at radius 2 is 2.17 bits per heavy atom. The fraction of sp³-hybridized carbons (Fsp3) is 0.727. The summed E-state index contributed by atoms with van der Waals surface area (Å²) >= 11 is 0. The zero-order valence-electron chi connectivity index (χ0n) is 10.4. The first-order chi connectivity index (χ1) is 8.63. The molecule has 0 aromatic carbocycles. The van der Waals surface area contributed by atoms with Gasteiger partial charge in [0.05, 0.1) is 12.2 Å². The molecule has 1 atom stereocenters. The number of likely N-dealkylation sites (N-methyl/N-ethyl adjacent to an activating group) is 1. The van der Waals surface area contributed by atoms with Crippen LogP contribution in [0.25, 0.3) is 0 Å². The minimum Gasteiger partial charge on any atom is -0.476 e. The van der Waals surface area contributed by atoms with Crippen LogP contribution in [-0.2, 0) is 0 Å². The van der Waals surface area contributed by atoms with E-state index >= 15 is 0 Å². The summed E-state index contributed by atoms with van der Waals surface area (Å²) in [4.78, 5) is 15.5. The lowest BCUT2D eigenvalue weighted by molar-refractivity contribution is 0.0558. The van der Waals surface area contributed by atoms with Crippen molar-refractivity contribution in [1.82, 2.24) is 24.8 Å². The van der Waals surface area contributed by atoms with Gasteiger partial charge in [-0.15, -0.1) is 5.10 Å². The molecule has 2 aliphatic heterocycles. The summed E-state index contributed by atoms with van der Waals surface area (Å²) in [7, 11) is 2.15. The number of hydrogen-bond acceptors (Lipinski definition) is 5.